The lowest BCUT2D eigenvalue weighted by Gasteiger charge is -2.26. The minimum atomic E-state index is 0.576. The number of hydrogen-bond donors (Lipinski definition) is 1. The van der Waals surface area contributed by atoms with Gasteiger partial charge >= 0.3 is 0 Å². The van der Waals surface area contributed by atoms with E-state index >= 15 is 0 Å². The zero-order chi connectivity index (χ0) is 13.9. The first kappa shape index (κ1) is 16.2. The van der Waals surface area contributed by atoms with Crippen molar-refractivity contribution in [3.8, 4) is 0 Å². The van der Waals surface area contributed by atoms with Crippen LogP contribution < -0.4 is 5.43 Å². The Morgan fingerprint density at radius 3 is 2.37 bits per heavy atom. The van der Waals surface area contributed by atoms with Crippen molar-refractivity contribution in [3.63, 3.8) is 0 Å². The summed E-state index contributed by atoms with van der Waals surface area (Å²) in [6.45, 7) is 10.2. The van der Waals surface area contributed by atoms with Gasteiger partial charge in [0.15, 0.2) is 0 Å². The second-order valence-electron chi connectivity index (χ2n) is 5.37. The number of rotatable bonds is 10. The van der Waals surface area contributed by atoms with Crippen molar-refractivity contribution in [1.29, 1.82) is 0 Å². The van der Waals surface area contributed by atoms with Crippen LogP contribution in [0.15, 0.2) is 30.3 Å². The lowest BCUT2D eigenvalue weighted by molar-refractivity contribution is 0.174. The molecule has 0 amide bonds. The Morgan fingerprint density at radius 2 is 1.74 bits per heavy atom. The van der Waals surface area contributed by atoms with Gasteiger partial charge in [0.1, 0.15) is 0 Å². The lowest BCUT2D eigenvalue weighted by Crippen LogP contribution is -2.41. The van der Waals surface area contributed by atoms with Crippen LogP contribution >= 0.6 is 0 Å². The van der Waals surface area contributed by atoms with E-state index in [0.717, 1.165) is 19.6 Å². The van der Waals surface area contributed by atoms with Crippen molar-refractivity contribution in [3.05, 3.63) is 35.9 Å². The number of nitrogens with one attached hydrogen (secondary N) is 1. The molecule has 0 aromatic heterocycles. The van der Waals surface area contributed by atoms with Crippen molar-refractivity contribution in [2.24, 2.45) is 0 Å². The molecule has 1 unspecified atom stereocenters. The van der Waals surface area contributed by atoms with Gasteiger partial charge in [-0.15, -0.1) is 0 Å². The van der Waals surface area contributed by atoms with Gasteiger partial charge in [-0.25, -0.2) is 5.01 Å². The molecule has 0 saturated carbocycles. The molecule has 19 heavy (non-hydrogen) atoms. The van der Waals surface area contributed by atoms with Crippen LogP contribution in [0.4, 0.5) is 0 Å². The van der Waals surface area contributed by atoms with Gasteiger partial charge in [-0.3, -0.25) is 5.43 Å². The van der Waals surface area contributed by atoms with Crippen molar-refractivity contribution >= 4 is 0 Å². The maximum atomic E-state index is 3.59. The minimum Gasteiger partial charge on any atom is -0.255 e. The van der Waals surface area contributed by atoms with Crippen LogP contribution in [-0.2, 0) is 0 Å². The number of unbranched alkanes of at least 4 members (excludes halogenated alkanes) is 2. The van der Waals surface area contributed by atoms with Crippen molar-refractivity contribution < 1.29 is 0 Å². The Balaban J connectivity index is 2.45. The fraction of sp³-hybridized carbons (Fsp3) is 0.647. The second-order valence-corrected chi connectivity index (χ2v) is 5.37. The molecular formula is C17H30N2. The predicted molar refractivity (Wildman–Crippen MR) is 84.2 cm³/mol. The zero-order valence-corrected chi connectivity index (χ0v) is 12.9. The Hall–Kier alpha value is -0.860. The maximum absolute atomic E-state index is 3.59. The third-order valence-electron chi connectivity index (χ3n) is 3.51. The first-order valence-corrected chi connectivity index (χ1v) is 7.81. The first-order chi connectivity index (χ1) is 9.27. The van der Waals surface area contributed by atoms with E-state index in [9.17, 15) is 0 Å². The Morgan fingerprint density at radius 1 is 1.05 bits per heavy atom. The topological polar surface area (TPSA) is 15.3 Å². The molecule has 0 bridgehead atoms. The highest BCUT2D eigenvalue weighted by molar-refractivity contribution is 5.18. The molecule has 108 valence electrons. The van der Waals surface area contributed by atoms with Crippen LogP contribution in [0.1, 0.15) is 57.9 Å². The van der Waals surface area contributed by atoms with E-state index < -0.39 is 0 Å². The lowest BCUT2D eigenvalue weighted by atomic mass is 10.0. The molecule has 2 nitrogen and oxygen atoms in total. The quantitative estimate of drug-likeness (QED) is 0.502. The molecular weight excluding hydrogens is 232 g/mol. The zero-order valence-electron chi connectivity index (χ0n) is 12.9. The molecule has 0 spiro atoms. The van der Waals surface area contributed by atoms with E-state index in [0.29, 0.717) is 5.92 Å². The highest BCUT2D eigenvalue weighted by Gasteiger charge is 2.10. The van der Waals surface area contributed by atoms with Crippen LogP contribution in [0.25, 0.3) is 0 Å². The van der Waals surface area contributed by atoms with Gasteiger partial charge in [-0.05, 0) is 24.3 Å². The van der Waals surface area contributed by atoms with E-state index in [2.05, 4.69) is 61.5 Å². The second kappa shape index (κ2) is 9.99. The monoisotopic (exact) mass is 262 g/mol. The number of nitrogens with zero attached hydrogens (tertiary/aromatic N) is 1. The molecule has 1 N–H and O–H groups in total. The van der Waals surface area contributed by atoms with E-state index in [4.69, 9.17) is 0 Å². The molecule has 1 aromatic carbocycles. The van der Waals surface area contributed by atoms with Gasteiger partial charge < -0.3 is 0 Å². The summed E-state index contributed by atoms with van der Waals surface area (Å²) in [5.74, 6) is 0.576. The Bertz CT molecular complexity index is 310. The largest absolute Gasteiger partial charge is 0.255 e. The van der Waals surface area contributed by atoms with Gasteiger partial charge in [-0.1, -0.05) is 63.9 Å². The summed E-state index contributed by atoms with van der Waals surface area (Å²) in [5, 5.41) is 2.41. The molecule has 0 aliphatic rings. The molecule has 2 heteroatoms. The van der Waals surface area contributed by atoms with Crippen LogP contribution in [0.2, 0.25) is 0 Å². The average Bonchev–Trinajstić information content (AvgIpc) is 2.45. The summed E-state index contributed by atoms with van der Waals surface area (Å²) in [7, 11) is 0. The van der Waals surface area contributed by atoms with Crippen LogP contribution in [0.5, 0.6) is 0 Å². The normalized spacial score (nSPS) is 12.8. The van der Waals surface area contributed by atoms with Gasteiger partial charge in [0.25, 0.3) is 0 Å². The molecule has 1 aromatic rings. The molecule has 1 atom stereocenters. The van der Waals surface area contributed by atoms with E-state index in [-0.39, 0.29) is 0 Å². The Kier molecular flexibility index (Phi) is 8.52. The molecule has 0 saturated heterocycles. The predicted octanol–water partition coefficient (Wildman–Crippen LogP) is 4.20. The van der Waals surface area contributed by atoms with Crippen LogP contribution in [0.3, 0.4) is 0 Å². The molecule has 1 rings (SSSR count). The summed E-state index contributed by atoms with van der Waals surface area (Å²) >= 11 is 0. The summed E-state index contributed by atoms with van der Waals surface area (Å²) in [6, 6.07) is 10.8. The summed E-state index contributed by atoms with van der Waals surface area (Å²) < 4.78 is 0. The summed E-state index contributed by atoms with van der Waals surface area (Å²) in [6.07, 6.45) is 5.03. The standard InChI is InChI=1S/C17H30N2/c1-4-6-13-18-19(14-7-5-2)15-16(3)17-11-9-8-10-12-17/h8-12,16,18H,4-7,13-15H2,1-3H3. The van der Waals surface area contributed by atoms with E-state index in [1.54, 1.807) is 0 Å². The van der Waals surface area contributed by atoms with Crippen LogP contribution in [-0.4, -0.2) is 24.6 Å². The fourth-order valence-electron chi connectivity index (χ4n) is 2.22. The third-order valence-corrected chi connectivity index (χ3v) is 3.51. The van der Waals surface area contributed by atoms with Gasteiger partial charge in [-0.2, -0.15) is 0 Å². The molecule has 0 aliphatic carbocycles. The number of hydrazine groups is 1. The Labute approximate surface area is 119 Å². The van der Waals surface area contributed by atoms with Crippen LogP contribution in [0, 0.1) is 0 Å². The first-order valence-electron chi connectivity index (χ1n) is 7.81. The minimum absolute atomic E-state index is 0.576. The highest BCUT2D eigenvalue weighted by atomic mass is 15.5. The SMILES string of the molecule is CCCCNN(CCCC)CC(C)c1ccccc1. The fourth-order valence-corrected chi connectivity index (χ4v) is 2.22. The summed E-state index contributed by atoms with van der Waals surface area (Å²) in [5.41, 5.74) is 5.02. The molecule has 0 heterocycles. The smallest absolute Gasteiger partial charge is 0.0197 e. The third kappa shape index (κ3) is 6.74. The average molecular weight is 262 g/mol. The highest BCUT2D eigenvalue weighted by Crippen LogP contribution is 2.15. The van der Waals surface area contributed by atoms with Crippen molar-refractivity contribution in [2.45, 2.75) is 52.4 Å². The van der Waals surface area contributed by atoms with E-state index in [1.807, 2.05) is 0 Å². The summed E-state index contributed by atoms with van der Waals surface area (Å²) in [4.78, 5) is 0. The van der Waals surface area contributed by atoms with Gasteiger partial charge in [0.2, 0.25) is 0 Å². The number of hydrogen-bond acceptors (Lipinski definition) is 2. The molecule has 0 fully saturated rings. The van der Waals surface area contributed by atoms with Gasteiger partial charge in [0.05, 0.1) is 0 Å². The number of benzene rings is 1. The van der Waals surface area contributed by atoms with Crippen molar-refractivity contribution in [2.75, 3.05) is 19.6 Å². The maximum Gasteiger partial charge on any atom is 0.0197 e. The van der Waals surface area contributed by atoms with E-state index in [1.165, 1.54) is 31.2 Å². The molecule has 0 aliphatic heterocycles. The molecule has 0 radical (unpaired) electrons. The van der Waals surface area contributed by atoms with Crippen molar-refractivity contribution in [1.82, 2.24) is 10.4 Å². The van der Waals surface area contributed by atoms with Gasteiger partial charge in [0, 0.05) is 19.6 Å².